The number of amides is 1. The number of benzene rings is 3. The van der Waals surface area contributed by atoms with Gasteiger partial charge in [-0.2, -0.15) is 5.06 Å². The molecule has 0 radical (unpaired) electrons. The van der Waals surface area contributed by atoms with E-state index in [1.165, 1.54) is 51.4 Å². The zero-order chi connectivity index (χ0) is 29.8. The van der Waals surface area contributed by atoms with Crippen LogP contribution in [0.2, 0.25) is 0 Å². The number of aliphatic carboxylic acids is 1. The van der Waals surface area contributed by atoms with Crippen molar-refractivity contribution < 1.29 is 24.3 Å². The van der Waals surface area contributed by atoms with E-state index >= 15 is 0 Å². The van der Waals surface area contributed by atoms with Gasteiger partial charge in [0, 0.05) is 25.2 Å². The standard InChI is InChI=1S/C35H46N2O5/c1-2-3-4-5-6-7-8-9-10-14-24-36-35(40)31-17-15-16-30(25-31)27-37(41-28-34(38)39)26-29-20-22-33(23-21-29)42-32-18-12-11-13-19-32/h11-13,15-23,25H,2-10,14,24,26-28H2,1H3,(H,36,40)(H,38,39). The number of rotatable bonds is 21. The molecule has 0 aromatic heterocycles. The topological polar surface area (TPSA) is 88.1 Å². The Balaban J connectivity index is 1.45. The average molecular weight is 575 g/mol. The first-order valence-electron chi connectivity index (χ1n) is 15.3. The summed E-state index contributed by atoms with van der Waals surface area (Å²) < 4.78 is 5.86. The molecular weight excluding hydrogens is 528 g/mol. The fraction of sp³-hybridized carbons (Fsp3) is 0.429. The fourth-order valence-corrected chi connectivity index (χ4v) is 4.72. The Hall–Kier alpha value is -3.68. The zero-order valence-corrected chi connectivity index (χ0v) is 24.9. The van der Waals surface area contributed by atoms with Crippen molar-refractivity contribution in [1.82, 2.24) is 10.4 Å². The summed E-state index contributed by atoms with van der Waals surface area (Å²) in [6.45, 7) is 3.16. The van der Waals surface area contributed by atoms with Crippen LogP contribution in [-0.2, 0) is 22.7 Å². The molecule has 0 atom stereocenters. The van der Waals surface area contributed by atoms with E-state index in [0.29, 0.717) is 30.9 Å². The smallest absolute Gasteiger partial charge is 0.331 e. The van der Waals surface area contributed by atoms with Crippen molar-refractivity contribution in [2.45, 2.75) is 84.2 Å². The van der Waals surface area contributed by atoms with Gasteiger partial charge in [0.1, 0.15) is 11.5 Å². The third-order valence-corrected chi connectivity index (χ3v) is 7.00. The van der Waals surface area contributed by atoms with Crippen LogP contribution in [0.15, 0.2) is 78.9 Å². The number of carbonyl (C=O) groups excluding carboxylic acids is 1. The predicted molar refractivity (Wildman–Crippen MR) is 166 cm³/mol. The number of ether oxygens (including phenoxy) is 1. The number of hydrogen-bond donors (Lipinski definition) is 2. The van der Waals surface area contributed by atoms with Crippen LogP contribution in [0.25, 0.3) is 0 Å². The highest BCUT2D eigenvalue weighted by atomic mass is 16.7. The molecule has 0 aliphatic carbocycles. The molecule has 42 heavy (non-hydrogen) atoms. The zero-order valence-electron chi connectivity index (χ0n) is 24.9. The molecule has 3 rings (SSSR count). The van der Waals surface area contributed by atoms with E-state index < -0.39 is 12.6 Å². The Morgan fingerprint density at radius 1 is 0.714 bits per heavy atom. The lowest BCUT2D eigenvalue weighted by Crippen LogP contribution is -2.27. The monoisotopic (exact) mass is 574 g/mol. The van der Waals surface area contributed by atoms with E-state index in [1.54, 1.807) is 11.1 Å². The minimum atomic E-state index is -1.05. The lowest BCUT2D eigenvalue weighted by molar-refractivity contribution is -0.190. The highest BCUT2D eigenvalue weighted by molar-refractivity contribution is 5.94. The maximum atomic E-state index is 12.8. The highest BCUT2D eigenvalue weighted by Crippen LogP contribution is 2.22. The molecule has 7 nitrogen and oxygen atoms in total. The van der Waals surface area contributed by atoms with Gasteiger partial charge < -0.3 is 15.2 Å². The molecule has 1 amide bonds. The second-order valence-electron chi connectivity index (χ2n) is 10.7. The molecule has 226 valence electrons. The summed E-state index contributed by atoms with van der Waals surface area (Å²) in [4.78, 5) is 29.5. The van der Waals surface area contributed by atoms with E-state index in [0.717, 1.165) is 29.7 Å². The largest absolute Gasteiger partial charge is 0.479 e. The minimum Gasteiger partial charge on any atom is -0.479 e. The Bertz CT molecular complexity index is 1180. The Morgan fingerprint density at radius 2 is 1.33 bits per heavy atom. The first-order chi connectivity index (χ1) is 20.5. The summed E-state index contributed by atoms with van der Waals surface area (Å²) in [5.41, 5.74) is 2.38. The second kappa shape index (κ2) is 19.4. The van der Waals surface area contributed by atoms with E-state index in [4.69, 9.17) is 14.7 Å². The van der Waals surface area contributed by atoms with E-state index in [1.807, 2.05) is 72.8 Å². The minimum absolute atomic E-state index is 0.0974. The second-order valence-corrected chi connectivity index (χ2v) is 10.7. The first kappa shape index (κ1) is 32.8. The van der Waals surface area contributed by atoms with Crippen LogP contribution >= 0.6 is 0 Å². The maximum absolute atomic E-state index is 12.8. The van der Waals surface area contributed by atoms with Crippen molar-refractivity contribution in [3.8, 4) is 11.5 Å². The predicted octanol–water partition coefficient (Wildman–Crippen LogP) is 8.15. The molecule has 2 N–H and O–H groups in total. The average Bonchev–Trinajstić information content (AvgIpc) is 3.00. The lowest BCUT2D eigenvalue weighted by Gasteiger charge is -2.21. The van der Waals surface area contributed by atoms with Crippen molar-refractivity contribution in [3.05, 3.63) is 95.6 Å². The van der Waals surface area contributed by atoms with Crippen LogP contribution in [0.1, 0.15) is 92.6 Å². The van der Waals surface area contributed by atoms with Crippen LogP contribution < -0.4 is 10.1 Å². The number of nitrogens with one attached hydrogen (secondary N) is 1. The molecule has 0 bridgehead atoms. The molecule has 3 aromatic carbocycles. The highest BCUT2D eigenvalue weighted by Gasteiger charge is 2.13. The number of para-hydroxylation sites is 1. The van der Waals surface area contributed by atoms with Gasteiger partial charge in [0.15, 0.2) is 6.61 Å². The van der Waals surface area contributed by atoms with Crippen LogP contribution in [-0.4, -0.2) is 35.2 Å². The summed E-state index contributed by atoms with van der Waals surface area (Å²) in [6.07, 6.45) is 12.6. The molecule has 0 unspecified atom stereocenters. The molecular formula is C35H46N2O5. The molecule has 3 aromatic rings. The van der Waals surface area contributed by atoms with Gasteiger partial charge in [-0.1, -0.05) is 107 Å². The van der Waals surface area contributed by atoms with Gasteiger partial charge in [0.05, 0.1) is 0 Å². The SMILES string of the molecule is CCCCCCCCCCCCNC(=O)c1cccc(CN(Cc2ccc(Oc3ccccc3)cc2)OCC(=O)O)c1. The van der Waals surface area contributed by atoms with Crippen molar-refractivity contribution in [2.75, 3.05) is 13.2 Å². The van der Waals surface area contributed by atoms with E-state index in [-0.39, 0.29) is 5.91 Å². The maximum Gasteiger partial charge on any atom is 0.331 e. The summed E-state index contributed by atoms with van der Waals surface area (Å²) in [6, 6.07) is 24.5. The van der Waals surface area contributed by atoms with Crippen molar-refractivity contribution in [1.29, 1.82) is 0 Å². The van der Waals surface area contributed by atoms with Crippen LogP contribution in [0.3, 0.4) is 0 Å². The molecule has 7 heteroatoms. The summed E-state index contributed by atoms with van der Waals surface area (Å²) in [5.74, 6) is 0.315. The van der Waals surface area contributed by atoms with Gasteiger partial charge in [-0.25, -0.2) is 4.79 Å². The number of unbranched alkanes of at least 4 members (excludes halogenated alkanes) is 9. The molecule has 0 aliphatic rings. The Morgan fingerprint density at radius 3 is 2.00 bits per heavy atom. The molecule has 0 aliphatic heterocycles. The van der Waals surface area contributed by atoms with Gasteiger partial charge in [-0.05, 0) is 53.9 Å². The van der Waals surface area contributed by atoms with E-state index in [2.05, 4.69) is 12.2 Å². The number of carboxylic acids is 1. The van der Waals surface area contributed by atoms with Gasteiger partial charge in [-0.15, -0.1) is 0 Å². The van der Waals surface area contributed by atoms with Crippen molar-refractivity contribution >= 4 is 11.9 Å². The summed E-state index contributed by atoms with van der Waals surface area (Å²) in [7, 11) is 0. The summed E-state index contributed by atoms with van der Waals surface area (Å²) >= 11 is 0. The van der Waals surface area contributed by atoms with Crippen LogP contribution in [0.4, 0.5) is 0 Å². The van der Waals surface area contributed by atoms with Gasteiger partial charge >= 0.3 is 5.97 Å². The number of hydroxylamine groups is 2. The Kier molecular flexibility index (Phi) is 15.2. The normalized spacial score (nSPS) is 11.0. The Labute approximate surface area is 250 Å². The van der Waals surface area contributed by atoms with Crippen molar-refractivity contribution in [3.63, 3.8) is 0 Å². The summed E-state index contributed by atoms with van der Waals surface area (Å²) in [5, 5.41) is 13.8. The van der Waals surface area contributed by atoms with E-state index in [9.17, 15) is 9.59 Å². The number of hydrogen-bond acceptors (Lipinski definition) is 5. The van der Waals surface area contributed by atoms with Crippen LogP contribution in [0, 0.1) is 0 Å². The van der Waals surface area contributed by atoms with Gasteiger partial charge in [0.25, 0.3) is 5.91 Å². The van der Waals surface area contributed by atoms with Crippen molar-refractivity contribution in [2.24, 2.45) is 0 Å². The van der Waals surface area contributed by atoms with Gasteiger partial charge in [-0.3, -0.25) is 9.63 Å². The van der Waals surface area contributed by atoms with Crippen LogP contribution in [0.5, 0.6) is 11.5 Å². The molecule has 0 heterocycles. The molecule has 0 saturated heterocycles. The number of carboxylic acid groups (broad SMARTS) is 1. The van der Waals surface area contributed by atoms with Gasteiger partial charge in [0.2, 0.25) is 0 Å². The lowest BCUT2D eigenvalue weighted by atomic mass is 10.1. The quantitative estimate of drug-likeness (QED) is 0.0986. The fourth-order valence-electron chi connectivity index (χ4n) is 4.72. The first-order valence-corrected chi connectivity index (χ1v) is 15.3. The third kappa shape index (κ3) is 13.3. The molecule has 0 spiro atoms. The molecule has 0 fully saturated rings. The third-order valence-electron chi connectivity index (χ3n) is 7.00. The number of nitrogens with zero attached hydrogens (tertiary/aromatic N) is 1. The molecule has 0 saturated carbocycles. The number of carbonyl (C=O) groups is 2.